The molecule has 1 aromatic heterocycles. The molecule has 0 unspecified atom stereocenters. The number of hydrogen-bond donors (Lipinski definition) is 2. The summed E-state index contributed by atoms with van der Waals surface area (Å²) in [5.74, 6) is -0.309. The van der Waals surface area contributed by atoms with Crippen LogP contribution in [0.25, 0.3) is 11.1 Å². The van der Waals surface area contributed by atoms with Crippen LogP contribution in [0.1, 0.15) is 10.4 Å². The molecule has 0 saturated heterocycles. The van der Waals surface area contributed by atoms with E-state index in [0.717, 1.165) is 11.1 Å². The van der Waals surface area contributed by atoms with Crippen molar-refractivity contribution in [3.05, 3.63) is 88.8 Å². The summed E-state index contributed by atoms with van der Waals surface area (Å²) in [6.07, 6.45) is 1.63. The van der Waals surface area contributed by atoms with E-state index in [4.69, 9.17) is 0 Å². The molecule has 0 bridgehead atoms. The van der Waals surface area contributed by atoms with Gasteiger partial charge in [0.1, 0.15) is 5.69 Å². The van der Waals surface area contributed by atoms with Crippen molar-refractivity contribution in [2.75, 3.05) is 5.32 Å². The fourth-order valence-corrected chi connectivity index (χ4v) is 2.16. The Balaban J connectivity index is 1.91. The molecule has 1 heterocycles. The molecule has 2 N–H and O–H groups in total. The number of anilines is 1. The first-order valence-electron chi connectivity index (χ1n) is 6.88. The number of carbonyl (C=O) groups is 1. The number of aromatic amines is 1. The van der Waals surface area contributed by atoms with Gasteiger partial charge in [0.05, 0.1) is 0 Å². The van der Waals surface area contributed by atoms with Crippen molar-refractivity contribution in [3.63, 3.8) is 0 Å². The minimum atomic E-state index is -0.330. The molecule has 4 heteroatoms. The predicted molar refractivity (Wildman–Crippen MR) is 86.9 cm³/mol. The molecule has 0 saturated carbocycles. The summed E-state index contributed by atoms with van der Waals surface area (Å²) in [5, 5.41) is 2.65. The van der Waals surface area contributed by atoms with Crippen molar-refractivity contribution >= 4 is 11.6 Å². The molecule has 0 aliphatic carbocycles. The molecule has 0 fully saturated rings. The van der Waals surface area contributed by atoms with Crippen LogP contribution in [-0.4, -0.2) is 10.9 Å². The van der Waals surface area contributed by atoms with Crippen LogP contribution in [0, 0.1) is 0 Å². The average Bonchev–Trinajstić information content (AvgIpc) is 2.58. The Labute approximate surface area is 127 Å². The lowest BCUT2D eigenvalue weighted by Gasteiger charge is -2.07. The molecular weight excluding hydrogens is 276 g/mol. The summed E-state index contributed by atoms with van der Waals surface area (Å²) >= 11 is 0. The van der Waals surface area contributed by atoms with Crippen LogP contribution >= 0.6 is 0 Å². The van der Waals surface area contributed by atoms with E-state index in [1.807, 2.05) is 36.4 Å². The maximum absolute atomic E-state index is 12.2. The van der Waals surface area contributed by atoms with E-state index in [9.17, 15) is 9.59 Å². The SMILES string of the molecule is O=C(Nc1cc(-c2ccccc2)c[nH]c1=O)c1ccccc1. The zero-order valence-electron chi connectivity index (χ0n) is 11.7. The number of aromatic nitrogens is 1. The zero-order chi connectivity index (χ0) is 15.4. The molecule has 108 valence electrons. The maximum Gasteiger partial charge on any atom is 0.271 e. The van der Waals surface area contributed by atoms with Gasteiger partial charge in [-0.25, -0.2) is 0 Å². The van der Waals surface area contributed by atoms with Gasteiger partial charge in [-0.15, -0.1) is 0 Å². The Hall–Kier alpha value is -3.14. The highest BCUT2D eigenvalue weighted by molar-refractivity contribution is 6.04. The molecule has 22 heavy (non-hydrogen) atoms. The molecular formula is C18H14N2O2. The van der Waals surface area contributed by atoms with Gasteiger partial charge in [0.15, 0.2) is 0 Å². The fraction of sp³-hybridized carbons (Fsp3) is 0. The molecule has 3 rings (SSSR count). The minimum absolute atomic E-state index is 0.232. The Morgan fingerprint density at radius 2 is 1.50 bits per heavy atom. The van der Waals surface area contributed by atoms with Crippen molar-refractivity contribution in [2.24, 2.45) is 0 Å². The van der Waals surface area contributed by atoms with Crippen LogP contribution in [0.15, 0.2) is 77.7 Å². The number of nitrogens with one attached hydrogen (secondary N) is 2. The van der Waals surface area contributed by atoms with Crippen LogP contribution < -0.4 is 10.9 Å². The maximum atomic E-state index is 12.2. The van der Waals surface area contributed by atoms with Gasteiger partial charge in [-0.2, -0.15) is 0 Å². The molecule has 4 nitrogen and oxygen atoms in total. The second-order valence-corrected chi connectivity index (χ2v) is 4.82. The quantitative estimate of drug-likeness (QED) is 0.777. The predicted octanol–water partition coefficient (Wildman–Crippen LogP) is 3.29. The van der Waals surface area contributed by atoms with Crippen molar-refractivity contribution in [1.82, 2.24) is 4.98 Å². The molecule has 2 aromatic carbocycles. The Bertz CT molecular complexity index is 840. The van der Waals surface area contributed by atoms with E-state index < -0.39 is 0 Å². The summed E-state index contributed by atoms with van der Waals surface area (Å²) in [6, 6.07) is 20.1. The number of hydrogen-bond acceptors (Lipinski definition) is 2. The highest BCUT2D eigenvalue weighted by Crippen LogP contribution is 2.19. The third-order valence-corrected chi connectivity index (χ3v) is 3.29. The van der Waals surface area contributed by atoms with E-state index in [1.54, 1.807) is 36.5 Å². The summed E-state index contributed by atoms with van der Waals surface area (Å²) in [6.45, 7) is 0. The van der Waals surface area contributed by atoms with Gasteiger partial charge >= 0.3 is 0 Å². The Kier molecular flexibility index (Phi) is 3.83. The lowest BCUT2D eigenvalue weighted by atomic mass is 10.1. The number of amides is 1. The summed E-state index contributed by atoms with van der Waals surface area (Å²) in [4.78, 5) is 26.7. The fourth-order valence-electron chi connectivity index (χ4n) is 2.16. The highest BCUT2D eigenvalue weighted by atomic mass is 16.2. The van der Waals surface area contributed by atoms with E-state index in [-0.39, 0.29) is 17.2 Å². The van der Waals surface area contributed by atoms with E-state index >= 15 is 0 Å². The molecule has 0 atom stereocenters. The van der Waals surface area contributed by atoms with E-state index in [0.29, 0.717) is 5.56 Å². The normalized spacial score (nSPS) is 10.2. The first-order valence-corrected chi connectivity index (χ1v) is 6.88. The van der Waals surface area contributed by atoms with Crippen LogP contribution in [0.3, 0.4) is 0 Å². The third kappa shape index (κ3) is 2.96. The largest absolute Gasteiger partial charge is 0.327 e. The molecule has 1 amide bonds. The van der Waals surface area contributed by atoms with Crippen molar-refractivity contribution in [2.45, 2.75) is 0 Å². The number of carbonyl (C=O) groups excluding carboxylic acids is 1. The van der Waals surface area contributed by atoms with E-state index in [1.165, 1.54) is 0 Å². The molecule has 0 aliphatic rings. The first kappa shape index (κ1) is 13.8. The van der Waals surface area contributed by atoms with Gasteiger partial charge in [0.25, 0.3) is 11.5 Å². The standard InChI is InChI=1S/C18H14N2O2/c21-17(14-9-5-2-6-10-14)20-16-11-15(12-19-18(16)22)13-7-3-1-4-8-13/h1-12H,(H,19,22)(H,20,21). The van der Waals surface area contributed by atoms with E-state index in [2.05, 4.69) is 10.3 Å². The van der Waals surface area contributed by atoms with Gasteiger partial charge in [0.2, 0.25) is 0 Å². The van der Waals surface area contributed by atoms with Gasteiger partial charge in [-0.1, -0.05) is 48.5 Å². The molecule has 0 aliphatic heterocycles. The molecule has 3 aromatic rings. The van der Waals surface area contributed by atoms with Crippen LogP contribution in [0.4, 0.5) is 5.69 Å². The summed E-state index contributed by atoms with van der Waals surface area (Å²) in [5.41, 5.74) is 2.21. The van der Waals surface area contributed by atoms with Crippen LogP contribution in [0.5, 0.6) is 0 Å². The summed E-state index contributed by atoms with van der Waals surface area (Å²) < 4.78 is 0. The topological polar surface area (TPSA) is 62.0 Å². The second-order valence-electron chi connectivity index (χ2n) is 4.82. The van der Waals surface area contributed by atoms with Crippen molar-refractivity contribution < 1.29 is 4.79 Å². The Morgan fingerprint density at radius 1 is 0.864 bits per heavy atom. The lowest BCUT2D eigenvalue weighted by molar-refractivity contribution is 0.102. The van der Waals surface area contributed by atoms with Gasteiger partial charge < -0.3 is 10.3 Å². The highest BCUT2D eigenvalue weighted by Gasteiger charge is 2.09. The lowest BCUT2D eigenvalue weighted by Crippen LogP contribution is -2.19. The van der Waals surface area contributed by atoms with Crippen LogP contribution in [-0.2, 0) is 0 Å². The monoisotopic (exact) mass is 290 g/mol. The van der Waals surface area contributed by atoms with Crippen molar-refractivity contribution in [1.29, 1.82) is 0 Å². The summed E-state index contributed by atoms with van der Waals surface area (Å²) in [7, 11) is 0. The first-order chi connectivity index (χ1) is 10.7. The molecule has 0 spiro atoms. The third-order valence-electron chi connectivity index (χ3n) is 3.29. The minimum Gasteiger partial charge on any atom is -0.327 e. The Morgan fingerprint density at radius 3 is 2.18 bits per heavy atom. The number of rotatable bonds is 3. The van der Waals surface area contributed by atoms with Crippen LogP contribution in [0.2, 0.25) is 0 Å². The smallest absolute Gasteiger partial charge is 0.271 e. The number of pyridine rings is 1. The van der Waals surface area contributed by atoms with Gasteiger partial charge in [-0.05, 0) is 23.8 Å². The van der Waals surface area contributed by atoms with Gasteiger partial charge in [-0.3, -0.25) is 9.59 Å². The molecule has 0 radical (unpaired) electrons. The number of H-pyrrole nitrogens is 1. The van der Waals surface area contributed by atoms with Crippen molar-refractivity contribution in [3.8, 4) is 11.1 Å². The second kappa shape index (κ2) is 6.10. The average molecular weight is 290 g/mol. The number of benzene rings is 2. The zero-order valence-corrected chi connectivity index (χ0v) is 11.7. The van der Waals surface area contributed by atoms with Gasteiger partial charge in [0, 0.05) is 17.3 Å².